The predicted octanol–water partition coefficient (Wildman–Crippen LogP) is 4.93. The van der Waals surface area contributed by atoms with E-state index in [1.165, 1.54) is 30.4 Å². The Morgan fingerprint density at radius 1 is 1.05 bits per heavy atom. The molecule has 1 aromatic heterocycles. The van der Waals surface area contributed by atoms with Crippen molar-refractivity contribution >= 4 is 34.9 Å². The minimum absolute atomic E-state index is 0.132. The Hall–Kier alpha value is -2.20. The Morgan fingerprint density at radius 3 is 2.55 bits per heavy atom. The summed E-state index contributed by atoms with van der Waals surface area (Å²) in [4.78, 5) is 4.17. The maximum absolute atomic E-state index is 13.5. The first kappa shape index (κ1) is 12.8. The molecule has 0 radical (unpaired) electrons. The van der Waals surface area contributed by atoms with Gasteiger partial charge in [-0.3, -0.25) is 0 Å². The lowest BCUT2D eigenvalue weighted by atomic mass is 10.2. The fourth-order valence-corrected chi connectivity index (χ4v) is 1.98. The normalized spacial score (nSPS) is 11.6. The number of hydrogen-bond donors (Lipinski definition) is 0. The standard InChI is InChI=1S/C15H8ClF2NO/c16-9-4-6-14-13(8-9)19-15(20-14)7-5-10-11(17)2-1-3-12(10)18/h1-8H/b7-5+. The van der Waals surface area contributed by atoms with Crippen LogP contribution in [0.3, 0.4) is 0 Å². The van der Waals surface area contributed by atoms with Crippen LogP contribution in [0.2, 0.25) is 5.02 Å². The monoisotopic (exact) mass is 291 g/mol. The molecule has 0 spiro atoms. The van der Waals surface area contributed by atoms with Crippen LogP contribution in [0, 0.1) is 11.6 Å². The third-order valence-electron chi connectivity index (χ3n) is 2.76. The van der Waals surface area contributed by atoms with E-state index in [0.717, 1.165) is 0 Å². The Labute approximate surface area is 118 Å². The highest BCUT2D eigenvalue weighted by molar-refractivity contribution is 6.31. The second-order valence-electron chi connectivity index (χ2n) is 4.13. The number of hydrogen-bond acceptors (Lipinski definition) is 2. The number of halogens is 3. The molecule has 5 heteroatoms. The molecule has 0 atom stereocenters. The van der Waals surface area contributed by atoms with Gasteiger partial charge in [-0.1, -0.05) is 17.7 Å². The zero-order chi connectivity index (χ0) is 14.1. The molecule has 0 saturated heterocycles. The van der Waals surface area contributed by atoms with Gasteiger partial charge in [0.15, 0.2) is 5.58 Å². The van der Waals surface area contributed by atoms with Crippen molar-refractivity contribution < 1.29 is 13.2 Å². The van der Waals surface area contributed by atoms with Crippen LogP contribution in [-0.2, 0) is 0 Å². The van der Waals surface area contributed by atoms with Crippen molar-refractivity contribution in [2.24, 2.45) is 0 Å². The van der Waals surface area contributed by atoms with Crippen molar-refractivity contribution in [2.45, 2.75) is 0 Å². The van der Waals surface area contributed by atoms with E-state index < -0.39 is 11.6 Å². The highest BCUT2D eigenvalue weighted by Gasteiger charge is 2.06. The molecular formula is C15H8ClF2NO. The van der Waals surface area contributed by atoms with Crippen molar-refractivity contribution in [3.05, 3.63) is 64.5 Å². The minimum atomic E-state index is -0.639. The molecule has 2 aromatic carbocycles. The number of nitrogens with zero attached hydrogens (tertiary/aromatic N) is 1. The van der Waals surface area contributed by atoms with Gasteiger partial charge in [0, 0.05) is 16.7 Å². The lowest BCUT2D eigenvalue weighted by Crippen LogP contribution is -1.86. The average molecular weight is 292 g/mol. The molecule has 0 amide bonds. The first-order chi connectivity index (χ1) is 9.63. The average Bonchev–Trinajstić information content (AvgIpc) is 2.80. The molecular weight excluding hydrogens is 284 g/mol. The van der Waals surface area contributed by atoms with Crippen LogP contribution in [0.25, 0.3) is 23.3 Å². The topological polar surface area (TPSA) is 26.0 Å². The third kappa shape index (κ3) is 2.42. The molecule has 100 valence electrons. The second-order valence-corrected chi connectivity index (χ2v) is 4.57. The molecule has 0 bridgehead atoms. The SMILES string of the molecule is Fc1cccc(F)c1/C=C/c1nc2cc(Cl)ccc2o1. The predicted molar refractivity (Wildman–Crippen MR) is 74.3 cm³/mol. The van der Waals surface area contributed by atoms with Crippen molar-refractivity contribution in [2.75, 3.05) is 0 Å². The largest absolute Gasteiger partial charge is 0.437 e. The molecule has 0 aliphatic rings. The van der Waals surface area contributed by atoms with Gasteiger partial charge in [0.2, 0.25) is 5.89 Å². The third-order valence-corrected chi connectivity index (χ3v) is 2.99. The zero-order valence-corrected chi connectivity index (χ0v) is 10.9. The van der Waals surface area contributed by atoms with Gasteiger partial charge in [-0.15, -0.1) is 0 Å². The quantitative estimate of drug-likeness (QED) is 0.669. The van der Waals surface area contributed by atoms with Gasteiger partial charge in [0.1, 0.15) is 17.2 Å². The minimum Gasteiger partial charge on any atom is -0.437 e. The zero-order valence-electron chi connectivity index (χ0n) is 10.1. The van der Waals surface area contributed by atoms with E-state index in [1.54, 1.807) is 18.2 Å². The van der Waals surface area contributed by atoms with Crippen LogP contribution in [0.4, 0.5) is 8.78 Å². The van der Waals surface area contributed by atoms with E-state index in [-0.39, 0.29) is 11.5 Å². The summed E-state index contributed by atoms with van der Waals surface area (Å²) >= 11 is 5.84. The maximum Gasteiger partial charge on any atom is 0.220 e. The molecule has 0 N–H and O–H groups in total. The lowest BCUT2D eigenvalue weighted by molar-refractivity contribution is 0.578. The fourth-order valence-electron chi connectivity index (χ4n) is 1.81. The van der Waals surface area contributed by atoms with Gasteiger partial charge in [0.05, 0.1) is 0 Å². The lowest BCUT2D eigenvalue weighted by Gasteiger charge is -1.97. The number of oxazole rings is 1. The van der Waals surface area contributed by atoms with Crippen molar-refractivity contribution in [3.8, 4) is 0 Å². The van der Waals surface area contributed by atoms with Crippen LogP contribution < -0.4 is 0 Å². The Balaban J connectivity index is 1.98. The Kier molecular flexibility index (Phi) is 3.24. The Morgan fingerprint density at radius 2 is 1.80 bits per heavy atom. The van der Waals surface area contributed by atoms with Gasteiger partial charge in [-0.25, -0.2) is 13.8 Å². The molecule has 2 nitrogen and oxygen atoms in total. The maximum atomic E-state index is 13.5. The molecule has 3 aromatic rings. The summed E-state index contributed by atoms with van der Waals surface area (Å²) in [5, 5.41) is 0.543. The summed E-state index contributed by atoms with van der Waals surface area (Å²) in [7, 11) is 0. The summed E-state index contributed by atoms with van der Waals surface area (Å²) < 4.78 is 32.3. The van der Waals surface area contributed by atoms with E-state index in [0.29, 0.717) is 16.1 Å². The highest BCUT2D eigenvalue weighted by atomic mass is 35.5. The summed E-state index contributed by atoms with van der Waals surface area (Å²) in [5.41, 5.74) is 1.02. The first-order valence-electron chi connectivity index (χ1n) is 5.82. The molecule has 20 heavy (non-hydrogen) atoms. The van der Waals surface area contributed by atoms with Crippen LogP contribution in [-0.4, -0.2) is 4.98 Å². The molecule has 0 unspecified atom stereocenters. The highest BCUT2D eigenvalue weighted by Crippen LogP contribution is 2.21. The summed E-state index contributed by atoms with van der Waals surface area (Å²) in [6.07, 6.45) is 2.70. The fraction of sp³-hybridized carbons (Fsp3) is 0. The van der Waals surface area contributed by atoms with Crippen LogP contribution in [0.15, 0.2) is 40.8 Å². The van der Waals surface area contributed by atoms with Crippen molar-refractivity contribution in [3.63, 3.8) is 0 Å². The number of rotatable bonds is 2. The summed E-state index contributed by atoms with van der Waals surface area (Å²) in [6, 6.07) is 8.71. The molecule has 0 aliphatic carbocycles. The number of fused-ring (bicyclic) bond motifs is 1. The van der Waals surface area contributed by atoms with Gasteiger partial charge >= 0.3 is 0 Å². The molecule has 1 heterocycles. The van der Waals surface area contributed by atoms with Gasteiger partial charge in [-0.05, 0) is 36.4 Å². The van der Waals surface area contributed by atoms with Crippen LogP contribution >= 0.6 is 11.6 Å². The van der Waals surface area contributed by atoms with Crippen molar-refractivity contribution in [1.82, 2.24) is 4.98 Å². The van der Waals surface area contributed by atoms with Gasteiger partial charge in [-0.2, -0.15) is 0 Å². The van der Waals surface area contributed by atoms with E-state index >= 15 is 0 Å². The van der Waals surface area contributed by atoms with Crippen LogP contribution in [0.1, 0.15) is 11.5 Å². The number of benzene rings is 2. The second kappa shape index (κ2) is 5.06. The van der Waals surface area contributed by atoms with E-state index in [9.17, 15) is 8.78 Å². The summed E-state index contributed by atoms with van der Waals surface area (Å²) in [6.45, 7) is 0. The number of aromatic nitrogens is 1. The molecule has 0 fully saturated rings. The summed E-state index contributed by atoms with van der Waals surface area (Å²) in [5.74, 6) is -1.02. The molecule has 0 aliphatic heterocycles. The van der Waals surface area contributed by atoms with Crippen molar-refractivity contribution in [1.29, 1.82) is 0 Å². The van der Waals surface area contributed by atoms with Gasteiger partial charge in [0.25, 0.3) is 0 Å². The Bertz CT molecular complexity index is 790. The van der Waals surface area contributed by atoms with Crippen LogP contribution in [0.5, 0.6) is 0 Å². The van der Waals surface area contributed by atoms with E-state index in [4.69, 9.17) is 16.0 Å². The van der Waals surface area contributed by atoms with E-state index in [2.05, 4.69) is 4.98 Å². The smallest absolute Gasteiger partial charge is 0.220 e. The van der Waals surface area contributed by atoms with Gasteiger partial charge < -0.3 is 4.42 Å². The molecule has 0 saturated carbocycles. The van der Waals surface area contributed by atoms with E-state index in [1.807, 2.05) is 0 Å². The first-order valence-corrected chi connectivity index (χ1v) is 6.19. The molecule has 3 rings (SSSR count).